The van der Waals surface area contributed by atoms with E-state index in [2.05, 4.69) is 25.2 Å². The molecule has 1 saturated heterocycles. The van der Waals surface area contributed by atoms with E-state index < -0.39 is 0 Å². The average molecular weight is 299 g/mol. The zero-order chi connectivity index (χ0) is 14.8. The molecule has 0 unspecified atom stereocenters. The SMILES string of the molecule is c1cc(NC2CCN(Cc3ncc(C4CC4)o3)CC2)ncn1. The summed E-state index contributed by atoms with van der Waals surface area (Å²) in [6.45, 7) is 2.95. The molecule has 2 fully saturated rings. The minimum absolute atomic E-state index is 0.484. The number of oxazole rings is 1. The van der Waals surface area contributed by atoms with Crippen LogP contribution in [0.3, 0.4) is 0 Å². The van der Waals surface area contributed by atoms with Gasteiger partial charge in [0.25, 0.3) is 0 Å². The first-order valence-corrected chi connectivity index (χ1v) is 8.06. The molecule has 0 aromatic carbocycles. The summed E-state index contributed by atoms with van der Waals surface area (Å²) in [6, 6.07) is 2.40. The molecule has 1 aliphatic carbocycles. The van der Waals surface area contributed by atoms with E-state index in [1.54, 1.807) is 12.5 Å². The summed E-state index contributed by atoms with van der Waals surface area (Å²) < 4.78 is 5.85. The third kappa shape index (κ3) is 3.27. The highest BCUT2D eigenvalue weighted by atomic mass is 16.4. The second-order valence-corrected chi connectivity index (χ2v) is 6.22. The molecular formula is C16H21N5O. The van der Waals surface area contributed by atoms with Crippen LogP contribution in [0.2, 0.25) is 0 Å². The Morgan fingerprint density at radius 2 is 2.05 bits per heavy atom. The van der Waals surface area contributed by atoms with E-state index in [-0.39, 0.29) is 0 Å². The maximum Gasteiger partial charge on any atom is 0.208 e. The number of aromatic nitrogens is 3. The molecule has 1 N–H and O–H groups in total. The van der Waals surface area contributed by atoms with E-state index >= 15 is 0 Å². The summed E-state index contributed by atoms with van der Waals surface area (Å²) in [5.74, 6) is 3.50. The molecule has 6 heteroatoms. The molecule has 0 bridgehead atoms. The summed E-state index contributed by atoms with van der Waals surface area (Å²) in [6.07, 6.45) is 10.0. The number of nitrogens with one attached hydrogen (secondary N) is 1. The number of nitrogens with zero attached hydrogens (tertiary/aromatic N) is 4. The Kier molecular flexibility index (Phi) is 3.76. The Morgan fingerprint density at radius 1 is 1.18 bits per heavy atom. The van der Waals surface area contributed by atoms with Crippen LogP contribution in [0.15, 0.2) is 29.2 Å². The molecule has 2 aromatic heterocycles. The van der Waals surface area contributed by atoms with Gasteiger partial charge in [-0.2, -0.15) is 0 Å². The summed E-state index contributed by atoms with van der Waals surface area (Å²) in [5.41, 5.74) is 0. The fraction of sp³-hybridized carbons (Fsp3) is 0.562. The van der Waals surface area contributed by atoms with Gasteiger partial charge in [0, 0.05) is 31.2 Å². The second-order valence-electron chi connectivity index (χ2n) is 6.22. The molecule has 3 heterocycles. The van der Waals surface area contributed by atoms with Crippen LogP contribution in [0.25, 0.3) is 0 Å². The molecule has 0 spiro atoms. The van der Waals surface area contributed by atoms with Crippen LogP contribution in [-0.4, -0.2) is 39.0 Å². The largest absolute Gasteiger partial charge is 0.444 e. The van der Waals surface area contributed by atoms with Gasteiger partial charge in [-0.25, -0.2) is 15.0 Å². The van der Waals surface area contributed by atoms with E-state index in [4.69, 9.17) is 4.42 Å². The highest BCUT2D eigenvalue weighted by Crippen LogP contribution is 2.40. The Morgan fingerprint density at radius 3 is 2.77 bits per heavy atom. The predicted octanol–water partition coefficient (Wildman–Crippen LogP) is 2.42. The van der Waals surface area contributed by atoms with Crippen molar-refractivity contribution in [3.05, 3.63) is 36.4 Å². The molecule has 4 rings (SSSR count). The number of piperidine rings is 1. The number of anilines is 1. The lowest BCUT2D eigenvalue weighted by molar-refractivity contribution is 0.192. The number of hydrogen-bond donors (Lipinski definition) is 1. The van der Waals surface area contributed by atoms with Crippen LogP contribution < -0.4 is 5.32 Å². The van der Waals surface area contributed by atoms with E-state index in [1.165, 1.54) is 12.8 Å². The number of likely N-dealkylation sites (tertiary alicyclic amines) is 1. The lowest BCUT2D eigenvalue weighted by Crippen LogP contribution is -2.38. The Hall–Kier alpha value is -1.95. The van der Waals surface area contributed by atoms with Gasteiger partial charge in [0.05, 0.1) is 12.7 Å². The maximum atomic E-state index is 5.85. The van der Waals surface area contributed by atoms with Crippen molar-refractivity contribution in [2.24, 2.45) is 0 Å². The predicted molar refractivity (Wildman–Crippen MR) is 82.4 cm³/mol. The van der Waals surface area contributed by atoms with Crippen LogP contribution in [-0.2, 0) is 6.54 Å². The van der Waals surface area contributed by atoms with Crippen LogP contribution >= 0.6 is 0 Å². The van der Waals surface area contributed by atoms with Crippen molar-refractivity contribution in [2.45, 2.75) is 44.2 Å². The normalized spacial score (nSPS) is 20.2. The van der Waals surface area contributed by atoms with Crippen LogP contribution in [0.1, 0.15) is 43.3 Å². The van der Waals surface area contributed by atoms with E-state index in [0.717, 1.165) is 49.9 Å². The van der Waals surface area contributed by atoms with Gasteiger partial charge in [0.15, 0.2) is 0 Å². The molecule has 22 heavy (non-hydrogen) atoms. The van der Waals surface area contributed by atoms with E-state index in [0.29, 0.717) is 12.0 Å². The Bertz CT molecular complexity index is 602. The average Bonchev–Trinajstić information content (AvgIpc) is 3.30. The maximum absolute atomic E-state index is 5.85. The summed E-state index contributed by atoms with van der Waals surface area (Å²) >= 11 is 0. The molecule has 0 atom stereocenters. The van der Waals surface area contributed by atoms with Crippen molar-refractivity contribution in [2.75, 3.05) is 18.4 Å². The minimum atomic E-state index is 0.484. The highest BCUT2D eigenvalue weighted by molar-refractivity contribution is 5.33. The van der Waals surface area contributed by atoms with Crippen molar-refractivity contribution in [1.29, 1.82) is 0 Å². The lowest BCUT2D eigenvalue weighted by Gasteiger charge is -2.31. The van der Waals surface area contributed by atoms with Gasteiger partial charge in [-0.05, 0) is 31.7 Å². The van der Waals surface area contributed by atoms with Gasteiger partial charge in [-0.3, -0.25) is 4.90 Å². The molecule has 2 aromatic rings. The number of hydrogen-bond acceptors (Lipinski definition) is 6. The first-order chi connectivity index (χ1) is 10.9. The summed E-state index contributed by atoms with van der Waals surface area (Å²) in [5, 5.41) is 3.48. The quantitative estimate of drug-likeness (QED) is 0.914. The third-order valence-corrected chi connectivity index (χ3v) is 4.43. The monoisotopic (exact) mass is 299 g/mol. The first-order valence-electron chi connectivity index (χ1n) is 8.06. The van der Waals surface area contributed by atoms with E-state index in [9.17, 15) is 0 Å². The molecule has 1 saturated carbocycles. The van der Waals surface area contributed by atoms with Crippen molar-refractivity contribution in [3.63, 3.8) is 0 Å². The lowest BCUT2D eigenvalue weighted by atomic mass is 10.1. The van der Waals surface area contributed by atoms with Gasteiger partial charge < -0.3 is 9.73 Å². The molecule has 0 amide bonds. The van der Waals surface area contributed by atoms with Crippen LogP contribution in [0, 0.1) is 0 Å². The highest BCUT2D eigenvalue weighted by Gasteiger charge is 2.28. The first kappa shape index (κ1) is 13.7. The van der Waals surface area contributed by atoms with Gasteiger partial charge >= 0.3 is 0 Å². The third-order valence-electron chi connectivity index (χ3n) is 4.43. The number of rotatable bonds is 5. The van der Waals surface area contributed by atoms with Gasteiger partial charge in [-0.1, -0.05) is 0 Å². The summed E-state index contributed by atoms with van der Waals surface area (Å²) in [4.78, 5) is 15.0. The van der Waals surface area contributed by atoms with Gasteiger partial charge in [0.1, 0.15) is 17.9 Å². The van der Waals surface area contributed by atoms with Crippen molar-refractivity contribution >= 4 is 5.82 Å². The molecular weight excluding hydrogens is 278 g/mol. The second kappa shape index (κ2) is 6.04. The smallest absolute Gasteiger partial charge is 0.208 e. The zero-order valence-corrected chi connectivity index (χ0v) is 12.6. The molecule has 116 valence electrons. The minimum Gasteiger partial charge on any atom is -0.444 e. The summed E-state index contributed by atoms with van der Waals surface area (Å²) in [7, 11) is 0. The fourth-order valence-corrected chi connectivity index (χ4v) is 2.97. The van der Waals surface area contributed by atoms with Gasteiger partial charge in [0.2, 0.25) is 5.89 Å². The fourth-order valence-electron chi connectivity index (χ4n) is 2.97. The van der Waals surface area contributed by atoms with Crippen LogP contribution in [0.5, 0.6) is 0 Å². The van der Waals surface area contributed by atoms with Crippen molar-refractivity contribution in [1.82, 2.24) is 19.9 Å². The van der Waals surface area contributed by atoms with Crippen molar-refractivity contribution in [3.8, 4) is 0 Å². The topological polar surface area (TPSA) is 67.1 Å². The standard InChI is InChI=1S/C16H21N5O/c1-2-12(1)14-9-18-16(22-14)10-21-7-4-13(5-8-21)20-15-3-6-17-11-19-15/h3,6,9,11-13H,1-2,4-5,7-8,10H2,(H,17,19,20). The Labute approximate surface area is 130 Å². The van der Waals surface area contributed by atoms with E-state index in [1.807, 2.05) is 12.3 Å². The molecule has 0 radical (unpaired) electrons. The Balaban J connectivity index is 1.26. The molecule has 2 aliphatic rings. The molecule has 1 aliphatic heterocycles. The van der Waals surface area contributed by atoms with Crippen LogP contribution in [0.4, 0.5) is 5.82 Å². The van der Waals surface area contributed by atoms with Gasteiger partial charge in [-0.15, -0.1) is 0 Å². The molecule has 6 nitrogen and oxygen atoms in total. The van der Waals surface area contributed by atoms with Crippen molar-refractivity contribution < 1.29 is 4.42 Å². The zero-order valence-electron chi connectivity index (χ0n) is 12.6.